The van der Waals surface area contributed by atoms with Crippen molar-refractivity contribution in [2.24, 2.45) is 5.92 Å². The van der Waals surface area contributed by atoms with E-state index in [0.717, 1.165) is 12.8 Å². The first-order valence-electron chi connectivity index (χ1n) is 8.96. The maximum Gasteiger partial charge on any atom is 0.347 e. The minimum absolute atomic E-state index is 0.133. The van der Waals surface area contributed by atoms with E-state index in [2.05, 4.69) is 6.92 Å². The lowest BCUT2D eigenvalue weighted by Gasteiger charge is -2.19. The Balaban J connectivity index is 2.61. The van der Waals surface area contributed by atoms with Crippen molar-refractivity contribution in [1.82, 2.24) is 0 Å². The molecule has 0 saturated carbocycles. The molecule has 0 aromatic heterocycles. The van der Waals surface area contributed by atoms with Crippen molar-refractivity contribution in [3.05, 3.63) is 35.4 Å². The van der Waals surface area contributed by atoms with Gasteiger partial charge in [0.25, 0.3) is 0 Å². The van der Waals surface area contributed by atoms with Gasteiger partial charge in [0.1, 0.15) is 0 Å². The molecule has 0 amide bonds. The molecule has 4 nitrogen and oxygen atoms in total. The molecule has 24 heavy (non-hydrogen) atoms. The van der Waals surface area contributed by atoms with E-state index in [0.29, 0.717) is 5.56 Å². The molecule has 4 heteroatoms. The summed E-state index contributed by atoms with van der Waals surface area (Å²) in [5.74, 6) is -1.11. The van der Waals surface area contributed by atoms with Crippen LogP contribution in [-0.2, 0) is 20.7 Å². The second kappa shape index (κ2) is 10.8. The largest absolute Gasteiger partial charge is 0.463 e. The summed E-state index contributed by atoms with van der Waals surface area (Å²) >= 11 is 0. The van der Waals surface area contributed by atoms with Crippen molar-refractivity contribution in [1.29, 1.82) is 0 Å². The normalized spacial score (nSPS) is 12.0. The van der Waals surface area contributed by atoms with Crippen LogP contribution in [0.3, 0.4) is 0 Å². The highest BCUT2D eigenvalue weighted by Crippen LogP contribution is 2.14. The van der Waals surface area contributed by atoms with E-state index < -0.39 is 18.0 Å². The molecule has 0 radical (unpaired) electrons. The van der Waals surface area contributed by atoms with E-state index >= 15 is 0 Å². The average molecular weight is 334 g/mol. The van der Waals surface area contributed by atoms with Gasteiger partial charge in [0.15, 0.2) is 0 Å². The topological polar surface area (TPSA) is 52.6 Å². The number of aryl methyl sites for hydroxylation is 1. The van der Waals surface area contributed by atoms with E-state index in [4.69, 9.17) is 9.47 Å². The minimum atomic E-state index is -0.869. The van der Waals surface area contributed by atoms with Crippen LogP contribution in [-0.4, -0.2) is 24.6 Å². The number of carbonyl (C=O) groups is 2. The van der Waals surface area contributed by atoms with E-state index in [1.807, 2.05) is 26.0 Å². The van der Waals surface area contributed by atoms with Gasteiger partial charge in [-0.2, -0.15) is 0 Å². The van der Waals surface area contributed by atoms with Gasteiger partial charge in [-0.05, 0) is 37.5 Å². The summed E-state index contributed by atoms with van der Waals surface area (Å²) in [6.45, 7) is 7.85. The number of ether oxygens (including phenoxy) is 2. The quantitative estimate of drug-likeness (QED) is 0.465. The van der Waals surface area contributed by atoms with E-state index in [1.54, 1.807) is 19.1 Å². The summed E-state index contributed by atoms with van der Waals surface area (Å²) in [5, 5.41) is 0. The van der Waals surface area contributed by atoms with Crippen molar-refractivity contribution >= 4 is 11.9 Å². The van der Waals surface area contributed by atoms with Gasteiger partial charge in [-0.1, -0.05) is 52.2 Å². The molecular weight excluding hydrogens is 304 g/mol. The minimum Gasteiger partial charge on any atom is -0.463 e. The van der Waals surface area contributed by atoms with Gasteiger partial charge >= 0.3 is 11.9 Å². The average Bonchev–Trinajstić information content (AvgIpc) is 2.56. The molecule has 0 aliphatic heterocycles. The molecule has 0 fully saturated rings. The Bertz CT molecular complexity index is 505. The third kappa shape index (κ3) is 6.73. The molecule has 1 rings (SSSR count). The highest BCUT2D eigenvalue weighted by Gasteiger charge is 2.28. The summed E-state index contributed by atoms with van der Waals surface area (Å²) in [4.78, 5) is 24.1. The van der Waals surface area contributed by atoms with Gasteiger partial charge in [-0.3, -0.25) is 0 Å². The fourth-order valence-corrected chi connectivity index (χ4v) is 2.43. The molecule has 1 unspecified atom stereocenters. The van der Waals surface area contributed by atoms with Crippen LogP contribution in [0.1, 0.15) is 69.3 Å². The lowest BCUT2D eigenvalue weighted by atomic mass is 10.0. The maximum absolute atomic E-state index is 12.2. The van der Waals surface area contributed by atoms with E-state index in [1.165, 1.54) is 24.8 Å². The molecule has 0 bridgehead atoms. The summed E-state index contributed by atoms with van der Waals surface area (Å²) in [7, 11) is 0. The number of rotatable bonds is 10. The Hall–Kier alpha value is -1.84. The number of unbranched alkanes of at least 4 members (excludes halogenated alkanes) is 3. The first-order valence-corrected chi connectivity index (χ1v) is 8.96. The van der Waals surface area contributed by atoms with Crippen LogP contribution in [0.2, 0.25) is 0 Å². The Morgan fingerprint density at radius 2 is 1.67 bits per heavy atom. The van der Waals surface area contributed by atoms with Gasteiger partial charge < -0.3 is 9.47 Å². The summed E-state index contributed by atoms with van der Waals surface area (Å²) in [6.07, 6.45) is 5.03. The zero-order valence-corrected chi connectivity index (χ0v) is 15.3. The SMILES string of the molecule is CCCCCCc1ccc(C(=O)OC(C(=O)OCC)C(C)C)cc1. The molecule has 0 heterocycles. The molecule has 1 aromatic carbocycles. The van der Waals surface area contributed by atoms with Gasteiger partial charge in [-0.15, -0.1) is 0 Å². The van der Waals surface area contributed by atoms with E-state index in [-0.39, 0.29) is 12.5 Å². The molecular formula is C20H30O4. The fraction of sp³-hybridized carbons (Fsp3) is 0.600. The van der Waals surface area contributed by atoms with Crippen LogP contribution in [0, 0.1) is 5.92 Å². The monoisotopic (exact) mass is 334 g/mol. The van der Waals surface area contributed by atoms with Crippen LogP contribution >= 0.6 is 0 Å². The van der Waals surface area contributed by atoms with Crippen LogP contribution < -0.4 is 0 Å². The number of hydrogen-bond acceptors (Lipinski definition) is 4. The second-order valence-corrected chi connectivity index (χ2v) is 6.33. The molecule has 0 spiro atoms. The molecule has 0 saturated heterocycles. The number of benzene rings is 1. The Labute approximate surface area is 145 Å². The zero-order chi connectivity index (χ0) is 17.9. The number of hydrogen-bond donors (Lipinski definition) is 0. The van der Waals surface area contributed by atoms with Crippen LogP contribution in [0.4, 0.5) is 0 Å². The van der Waals surface area contributed by atoms with Crippen LogP contribution in [0.5, 0.6) is 0 Å². The van der Waals surface area contributed by atoms with Crippen molar-refractivity contribution in [3.8, 4) is 0 Å². The molecule has 1 aromatic rings. The molecule has 1 atom stereocenters. The fourth-order valence-electron chi connectivity index (χ4n) is 2.43. The first-order chi connectivity index (χ1) is 11.5. The van der Waals surface area contributed by atoms with E-state index in [9.17, 15) is 9.59 Å². The lowest BCUT2D eigenvalue weighted by Crippen LogP contribution is -2.33. The molecule has 0 aliphatic carbocycles. The zero-order valence-electron chi connectivity index (χ0n) is 15.3. The molecule has 0 aliphatic rings. The van der Waals surface area contributed by atoms with Crippen LogP contribution in [0.15, 0.2) is 24.3 Å². The summed E-state index contributed by atoms with van der Waals surface area (Å²) < 4.78 is 10.3. The Kier molecular flexibility index (Phi) is 9.13. The molecule has 0 N–H and O–H groups in total. The van der Waals surface area contributed by atoms with Crippen molar-refractivity contribution in [2.75, 3.05) is 6.61 Å². The highest BCUT2D eigenvalue weighted by molar-refractivity contribution is 5.91. The first kappa shape index (κ1) is 20.2. The van der Waals surface area contributed by atoms with Gasteiger partial charge in [-0.25, -0.2) is 9.59 Å². The van der Waals surface area contributed by atoms with Crippen molar-refractivity contribution < 1.29 is 19.1 Å². The summed E-state index contributed by atoms with van der Waals surface area (Å²) in [6, 6.07) is 7.44. The lowest BCUT2D eigenvalue weighted by molar-refractivity contribution is -0.155. The smallest absolute Gasteiger partial charge is 0.347 e. The highest BCUT2D eigenvalue weighted by atomic mass is 16.6. The third-order valence-corrected chi connectivity index (χ3v) is 3.87. The second-order valence-electron chi connectivity index (χ2n) is 6.33. The summed E-state index contributed by atoms with van der Waals surface area (Å²) in [5.41, 5.74) is 1.68. The van der Waals surface area contributed by atoms with Crippen molar-refractivity contribution in [3.63, 3.8) is 0 Å². The number of esters is 2. The Morgan fingerprint density at radius 3 is 2.21 bits per heavy atom. The van der Waals surface area contributed by atoms with Gasteiger partial charge in [0.2, 0.25) is 6.10 Å². The third-order valence-electron chi connectivity index (χ3n) is 3.87. The standard InChI is InChI=1S/C20H30O4/c1-5-7-8-9-10-16-11-13-17(14-12-16)19(21)24-18(15(3)4)20(22)23-6-2/h11-15,18H,5-10H2,1-4H3. The number of carbonyl (C=O) groups excluding carboxylic acids is 2. The predicted octanol–water partition coefficient (Wildman–Crippen LogP) is 4.55. The predicted molar refractivity (Wildman–Crippen MR) is 95.0 cm³/mol. The van der Waals surface area contributed by atoms with Gasteiger partial charge in [0.05, 0.1) is 12.2 Å². The van der Waals surface area contributed by atoms with Gasteiger partial charge in [0, 0.05) is 5.92 Å². The van der Waals surface area contributed by atoms with Crippen molar-refractivity contribution in [2.45, 2.75) is 65.9 Å². The Morgan fingerprint density at radius 1 is 1.00 bits per heavy atom. The van der Waals surface area contributed by atoms with Crippen LogP contribution in [0.25, 0.3) is 0 Å². The molecule has 134 valence electrons. The maximum atomic E-state index is 12.2.